The summed E-state index contributed by atoms with van der Waals surface area (Å²) < 4.78 is 29.9. The molecular weight excluding hydrogens is 417 g/mol. The van der Waals surface area contributed by atoms with Crippen LogP contribution in [0.15, 0.2) is 29.3 Å². The van der Waals surface area contributed by atoms with Crippen LogP contribution in [-0.2, 0) is 16.6 Å². The molecule has 8 heteroatoms. The Morgan fingerprint density at radius 2 is 1.79 bits per heavy atom. The third-order valence-electron chi connectivity index (χ3n) is 4.93. The SMILES string of the molecule is CC(C)(C)NS(=O)(=O)c1ccc(-c2ccnn2CC2CCCCC2)c(Cl)c1Cl. The second-order valence-corrected chi connectivity index (χ2v) is 10.9. The van der Waals surface area contributed by atoms with Crippen molar-refractivity contribution in [2.45, 2.75) is 69.9 Å². The molecule has 0 unspecified atom stereocenters. The summed E-state index contributed by atoms with van der Waals surface area (Å²) in [7, 11) is -3.78. The largest absolute Gasteiger partial charge is 0.265 e. The van der Waals surface area contributed by atoms with E-state index in [9.17, 15) is 8.42 Å². The van der Waals surface area contributed by atoms with Crippen LogP contribution in [0.25, 0.3) is 11.3 Å². The average molecular weight is 444 g/mol. The molecular formula is C20H27Cl2N3O2S. The van der Waals surface area contributed by atoms with E-state index in [4.69, 9.17) is 23.2 Å². The molecule has 1 heterocycles. The summed E-state index contributed by atoms with van der Waals surface area (Å²) >= 11 is 12.9. The van der Waals surface area contributed by atoms with Gasteiger partial charge in [0.1, 0.15) is 4.90 Å². The van der Waals surface area contributed by atoms with Crippen molar-refractivity contribution in [2.75, 3.05) is 0 Å². The Balaban J connectivity index is 1.93. The zero-order valence-corrected chi connectivity index (χ0v) is 18.8. The normalized spacial score (nSPS) is 16.5. The van der Waals surface area contributed by atoms with Crippen LogP contribution in [0, 0.1) is 5.92 Å². The number of nitrogens with one attached hydrogen (secondary N) is 1. The van der Waals surface area contributed by atoms with E-state index < -0.39 is 15.6 Å². The highest BCUT2D eigenvalue weighted by Gasteiger charge is 2.27. The lowest BCUT2D eigenvalue weighted by Gasteiger charge is -2.23. The van der Waals surface area contributed by atoms with Crippen LogP contribution >= 0.6 is 23.2 Å². The highest BCUT2D eigenvalue weighted by molar-refractivity contribution is 7.89. The molecule has 3 rings (SSSR count). The van der Waals surface area contributed by atoms with Crippen LogP contribution in [0.1, 0.15) is 52.9 Å². The molecule has 1 aliphatic carbocycles. The van der Waals surface area contributed by atoms with Crippen molar-refractivity contribution in [2.24, 2.45) is 5.92 Å². The molecule has 5 nitrogen and oxygen atoms in total. The van der Waals surface area contributed by atoms with Gasteiger partial charge in [-0.1, -0.05) is 42.5 Å². The van der Waals surface area contributed by atoms with Crippen LogP contribution in [0.4, 0.5) is 0 Å². The first-order valence-electron chi connectivity index (χ1n) is 9.63. The number of sulfonamides is 1. The van der Waals surface area contributed by atoms with Gasteiger partial charge in [-0.3, -0.25) is 4.68 Å². The number of benzene rings is 1. The molecule has 0 aliphatic heterocycles. The molecule has 0 atom stereocenters. The second kappa shape index (κ2) is 8.34. The quantitative estimate of drug-likeness (QED) is 0.661. The number of hydrogen-bond donors (Lipinski definition) is 1. The minimum absolute atomic E-state index is 0.0174. The van der Waals surface area contributed by atoms with Crippen LogP contribution in [-0.4, -0.2) is 23.7 Å². The summed E-state index contributed by atoms with van der Waals surface area (Å²) in [5.41, 5.74) is 0.922. The highest BCUT2D eigenvalue weighted by atomic mass is 35.5. The van der Waals surface area contributed by atoms with Crippen LogP contribution in [0.3, 0.4) is 0 Å². The van der Waals surface area contributed by atoms with Crippen molar-refractivity contribution in [3.63, 3.8) is 0 Å². The Kier molecular flexibility index (Phi) is 6.44. The summed E-state index contributed by atoms with van der Waals surface area (Å²) in [5.74, 6) is 0.609. The van der Waals surface area contributed by atoms with E-state index in [1.807, 2.05) is 10.7 Å². The zero-order chi connectivity index (χ0) is 20.5. The molecule has 2 aromatic rings. The first kappa shape index (κ1) is 21.6. The Bertz CT molecular complexity index is 943. The monoisotopic (exact) mass is 443 g/mol. The second-order valence-electron chi connectivity index (χ2n) is 8.50. The number of halogens is 2. The maximum absolute atomic E-state index is 12.7. The molecule has 28 heavy (non-hydrogen) atoms. The molecule has 0 amide bonds. The highest BCUT2D eigenvalue weighted by Crippen LogP contribution is 2.38. The standard InChI is InChI=1S/C20H27Cl2N3O2S/c1-20(2,3)24-28(26,27)17-10-9-15(18(21)19(17)22)16-11-12-23-25(16)13-14-7-5-4-6-8-14/h9-12,14,24H,4-8,13H2,1-3H3. The summed E-state index contributed by atoms with van der Waals surface area (Å²) in [6.07, 6.45) is 8.01. The van der Waals surface area contributed by atoms with Gasteiger partial charge in [0.25, 0.3) is 0 Å². The van der Waals surface area contributed by atoms with Crippen molar-refractivity contribution in [3.8, 4) is 11.3 Å². The van der Waals surface area contributed by atoms with Gasteiger partial charge < -0.3 is 0 Å². The Labute approximate surface area is 177 Å². The number of aromatic nitrogens is 2. The van der Waals surface area contributed by atoms with Gasteiger partial charge in [-0.2, -0.15) is 5.10 Å². The molecule has 1 fully saturated rings. The first-order chi connectivity index (χ1) is 13.1. The maximum atomic E-state index is 12.7. The Hall–Kier alpha value is -1.08. The topological polar surface area (TPSA) is 64.0 Å². The fourth-order valence-electron chi connectivity index (χ4n) is 3.72. The Morgan fingerprint density at radius 3 is 2.43 bits per heavy atom. The van der Waals surface area contributed by atoms with Gasteiger partial charge in [-0.05, 0) is 57.7 Å². The van der Waals surface area contributed by atoms with Gasteiger partial charge >= 0.3 is 0 Å². The molecule has 0 radical (unpaired) electrons. The van der Waals surface area contributed by atoms with Gasteiger partial charge in [-0.15, -0.1) is 0 Å². The maximum Gasteiger partial charge on any atom is 0.242 e. The van der Waals surface area contributed by atoms with E-state index >= 15 is 0 Å². The van der Waals surface area contributed by atoms with Crippen LogP contribution in [0.5, 0.6) is 0 Å². The van der Waals surface area contributed by atoms with E-state index in [0.29, 0.717) is 11.5 Å². The lowest BCUT2D eigenvalue weighted by Crippen LogP contribution is -2.40. The third kappa shape index (κ3) is 4.90. The summed E-state index contributed by atoms with van der Waals surface area (Å²) in [6.45, 7) is 6.16. The summed E-state index contributed by atoms with van der Waals surface area (Å²) in [6, 6.07) is 5.11. The molecule has 1 aliphatic rings. The fraction of sp³-hybridized carbons (Fsp3) is 0.550. The van der Waals surface area contributed by atoms with Crippen molar-refractivity contribution in [1.29, 1.82) is 0 Å². The van der Waals surface area contributed by atoms with Crippen molar-refractivity contribution >= 4 is 33.2 Å². The summed E-state index contributed by atoms with van der Waals surface area (Å²) in [4.78, 5) is -0.0174. The smallest absolute Gasteiger partial charge is 0.242 e. The van der Waals surface area contributed by atoms with Crippen molar-refractivity contribution in [3.05, 3.63) is 34.4 Å². The van der Waals surface area contributed by atoms with Crippen LogP contribution in [0.2, 0.25) is 10.0 Å². The van der Waals surface area contributed by atoms with E-state index in [0.717, 1.165) is 12.2 Å². The van der Waals surface area contributed by atoms with Gasteiger partial charge in [0, 0.05) is 23.8 Å². The van der Waals surface area contributed by atoms with Crippen LogP contribution < -0.4 is 4.72 Å². The summed E-state index contributed by atoms with van der Waals surface area (Å²) in [5, 5.41) is 4.72. The van der Waals surface area contributed by atoms with Gasteiger partial charge in [0.2, 0.25) is 10.0 Å². The molecule has 1 N–H and O–H groups in total. The van der Waals surface area contributed by atoms with E-state index in [1.54, 1.807) is 33.0 Å². The van der Waals surface area contributed by atoms with Crippen molar-refractivity contribution in [1.82, 2.24) is 14.5 Å². The number of rotatable bonds is 5. The fourth-order valence-corrected chi connectivity index (χ4v) is 6.00. The van der Waals surface area contributed by atoms with E-state index in [-0.39, 0.29) is 14.9 Å². The molecule has 0 spiro atoms. The minimum Gasteiger partial charge on any atom is -0.265 e. The van der Waals surface area contributed by atoms with E-state index in [1.165, 1.54) is 38.2 Å². The third-order valence-corrected chi connectivity index (χ3v) is 7.72. The molecule has 154 valence electrons. The molecule has 0 saturated heterocycles. The lowest BCUT2D eigenvalue weighted by molar-refractivity contribution is 0.309. The molecule has 1 saturated carbocycles. The predicted octanol–water partition coefficient (Wildman–Crippen LogP) is 5.51. The van der Waals surface area contributed by atoms with Gasteiger partial charge in [0.05, 0.1) is 15.7 Å². The minimum atomic E-state index is -3.78. The van der Waals surface area contributed by atoms with E-state index in [2.05, 4.69) is 9.82 Å². The zero-order valence-electron chi connectivity index (χ0n) is 16.5. The number of nitrogens with zero attached hydrogens (tertiary/aromatic N) is 2. The number of hydrogen-bond acceptors (Lipinski definition) is 3. The van der Waals surface area contributed by atoms with Crippen molar-refractivity contribution < 1.29 is 8.42 Å². The molecule has 0 bridgehead atoms. The lowest BCUT2D eigenvalue weighted by atomic mass is 9.89. The average Bonchev–Trinajstić information content (AvgIpc) is 3.03. The first-order valence-corrected chi connectivity index (χ1v) is 11.9. The molecule has 1 aromatic heterocycles. The predicted molar refractivity (Wildman–Crippen MR) is 114 cm³/mol. The Morgan fingerprint density at radius 1 is 1.11 bits per heavy atom. The van der Waals surface area contributed by atoms with Gasteiger partial charge in [-0.25, -0.2) is 13.1 Å². The van der Waals surface area contributed by atoms with Gasteiger partial charge in [0.15, 0.2) is 0 Å². The molecule has 1 aromatic carbocycles.